The van der Waals surface area contributed by atoms with E-state index >= 15 is 0 Å². The van der Waals surface area contributed by atoms with Crippen LogP contribution in [0.4, 0.5) is 0 Å². The molecule has 0 aliphatic rings. The topological polar surface area (TPSA) is 93.6 Å². The minimum Gasteiger partial charge on any atom is -0.437 e. The molecule has 6 nitrogen and oxygen atoms in total. The predicted octanol–water partition coefficient (Wildman–Crippen LogP) is 2.23. The van der Waals surface area contributed by atoms with Crippen LogP contribution in [0.5, 0.6) is 11.6 Å². The van der Waals surface area contributed by atoms with Crippen molar-refractivity contribution in [2.75, 3.05) is 0 Å². The molecule has 0 fully saturated rings. The number of nitrogens with zero attached hydrogens (tertiary/aromatic N) is 3. The molecule has 2 aromatic rings. The van der Waals surface area contributed by atoms with Gasteiger partial charge in [0, 0.05) is 11.8 Å². The Labute approximate surface area is 116 Å². The minimum absolute atomic E-state index is 0.0619. The van der Waals surface area contributed by atoms with Crippen molar-refractivity contribution in [2.45, 2.75) is 20.3 Å². The van der Waals surface area contributed by atoms with Gasteiger partial charge in [0.2, 0.25) is 5.88 Å². The van der Waals surface area contributed by atoms with Crippen molar-refractivity contribution in [1.29, 1.82) is 0 Å². The Morgan fingerprint density at radius 1 is 1.30 bits per heavy atom. The van der Waals surface area contributed by atoms with Gasteiger partial charge in [-0.1, -0.05) is 18.1 Å². The fourth-order valence-corrected chi connectivity index (χ4v) is 1.72. The Morgan fingerprint density at radius 2 is 2.10 bits per heavy atom. The lowest BCUT2D eigenvalue weighted by Gasteiger charge is -2.10. The lowest BCUT2D eigenvalue weighted by Crippen LogP contribution is -2.15. The number of rotatable bonds is 4. The summed E-state index contributed by atoms with van der Waals surface area (Å²) < 4.78 is 5.72. The summed E-state index contributed by atoms with van der Waals surface area (Å²) in [6, 6.07) is 8.80. The number of amidine groups is 1. The normalized spacial score (nSPS) is 11.4. The summed E-state index contributed by atoms with van der Waals surface area (Å²) in [6.07, 6.45) is 0.761. The number of pyridine rings is 2. The summed E-state index contributed by atoms with van der Waals surface area (Å²) in [5, 5.41) is 11.6. The first-order valence-electron chi connectivity index (χ1n) is 6.23. The van der Waals surface area contributed by atoms with E-state index in [-0.39, 0.29) is 5.84 Å². The minimum atomic E-state index is -0.0619. The molecule has 6 heteroatoms. The van der Waals surface area contributed by atoms with Gasteiger partial charge in [0.05, 0.1) is 5.69 Å². The van der Waals surface area contributed by atoms with Crippen LogP contribution >= 0.6 is 0 Å². The molecular weight excluding hydrogens is 256 g/mol. The van der Waals surface area contributed by atoms with Gasteiger partial charge >= 0.3 is 0 Å². The van der Waals surface area contributed by atoms with Crippen LogP contribution in [0.3, 0.4) is 0 Å². The average Bonchev–Trinajstić information content (AvgIpc) is 2.48. The van der Waals surface area contributed by atoms with Crippen molar-refractivity contribution in [3.63, 3.8) is 0 Å². The van der Waals surface area contributed by atoms with E-state index in [4.69, 9.17) is 15.7 Å². The Balaban J connectivity index is 2.31. The summed E-state index contributed by atoms with van der Waals surface area (Å²) in [6.45, 7) is 3.94. The summed E-state index contributed by atoms with van der Waals surface area (Å²) >= 11 is 0. The van der Waals surface area contributed by atoms with Crippen LogP contribution in [0.25, 0.3) is 0 Å². The molecule has 0 aliphatic carbocycles. The van der Waals surface area contributed by atoms with E-state index < -0.39 is 0 Å². The highest BCUT2D eigenvalue weighted by molar-refractivity contribution is 5.95. The number of oxime groups is 1. The summed E-state index contributed by atoms with van der Waals surface area (Å²) in [4.78, 5) is 8.59. The molecule has 3 N–H and O–H groups in total. The van der Waals surface area contributed by atoms with Crippen LogP contribution in [-0.4, -0.2) is 21.0 Å². The van der Waals surface area contributed by atoms with E-state index in [1.165, 1.54) is 0 Å². The zero-order valence-electron chi connectivity index (χ0n) is 11.4. The second kappa shape index (κ2) is 6.01. The summed E-state index contributed by atoms with van der Waals surface area (Å²) in [5.74, 6) is 0.963. The SMILES string of the molecule is CCc1nc(C)ccc1Oc1cccc(/C(N)=N/O)n1. The number of hydrogen-bond acceptors (Lipinski definition) is 5. The number of hydrogen-bond donors (Lipinski definition) is 2. The Hall–Kier alpha value is -2.63. The maximum atomic E-state index is 8.65. The van der Waals surface area contributed by atoms with Crippen LogP contribution in [0.2, 0.25) is 0 Å². The van der Waals surface area contributed by atoms with Crippen molar-refractivity contribution in [3.05, 3.63) is 47.4 Å². The monoisotopic (exact) mass is 272 g/mol. The van der Waals surface area contributed by atoms with Gasteiger partial charge in [0.25, 0.3) is 0 Å². The standard InChI is InChI=1S/C14H16N4O2/c1-3-10-12(8-7-9(2)16-10)20-13-6-4-5-11(17-13)14(15)18-19/h4-8,19H,3H2,1-2H3,(H2,15,18). The first-order valence-corrected chi connectivity index (χ1v) is 6.23. The highest BCUT2D eigenvalue weighted by Crippen LogP contribution is 2.23. The smallest absolute Gasteiger partial charge is 0.219 e. The van der Waals surface area contributed by atoms with E-state index in [1.807, 2.05) is 26.0 Å². The second-order valence-electron chi connectivity index (χ2n) is 4.20. The number of aryl methyl sites for hydroxylation is 2. The molecule has 0 saturated carbocycles. The van der Waals surface area contributed by atoms with Crippen molar-refractivity contribution < 1.29 is 9.94 Å². The Kier molecular flexibility index (Phi) is 4.14. The van der Waals surface area contributed by atoms with Gasteiger partial charge in [-0.15, -0.1) is 0 Å². The van der Waals surface area contributed by atoms with Gasteiger partial charge in [-0.25, -0.2) is 4.98 Å². The third-order valence-electron chi connectivity index (χ3n) is 2.71. The van der Waals surface area contributed by atoms with Gasteiger partial charge in [-0.2, -0.15) is 0 Å². The lowest BCUT2D eigenvalue weighted by atomic mass is 10.2. The number of ether oxygens (including phenoxy) is 1. The van der Waals surface area contributed by atoms with E-state index in [0.717, 1.165) is 17.8 Å². The molecule has 2 rings (SSSR count). The molecule has 0 aromatic carbocycles. The third-order valence-corrected chi connectivity index (χ3v) is 2.71. The molecule has 0 unspecified atom stereocenters. The maximum Gasteiger partial charge on any atom is 0.219 e. The molecule has 2 heterocycles. The van der Waals surface area contributed by atoms with E-state index in [2.05, 4.69) is 15.1 Å². The van der Waals surface area contributed by atoms with Gasteiger partial charge in [-0.05, 0) is 31.5 Å². The van der Waals surface area contributed by atoms with Gasteiger partial charge in [0.1, 0.15) is 5.69 Å². The molecule has 0 aliphatic heterocycles. The van der Waals surface area contributed by atoms with Crippen LogP contribution in [0.15, 0.2) is 35.5 Å². The van der Waals surface area contributed by atoms with Crippen LogP contribution in [-0.2, 0) is 6.42 Å². The van der Waals surface area contributed by atoms with Crippen LogP contribution in [0.1, 0.15) is 24.0 Å². The van der Waals surface area contributed by atoms with Gasteiger partial charge < -0.3 is 15.7 Å². The molecule has 0 bridgehead atoms. The molecule has 20 heavy (non-hydrogen) atoms. The molecule has 0 spiro atoms. The second-order valence-corrected chi connectivity index (χ2v) is 4.20. The maximum absolute atomic E-state index is 8.65. The van der Waals surface area contributed by atoms with Crippen LogP contribution < -0.4 is 10.5 Å². The molecule has 0 radical (unpaired) electrons. The highest BCUT2D eigenvalue weighted by atomic mass is 16.5. The molecule has 0 atom stereocenters. The quantitative estimate of drug-likeness (QED) is 0.385. The summed E-state index contributed by atoms with van der Waals surface area (Å²) in [5.41, 5.74) is 7.65. The zero-order chi connectivity index (χ0) is 14.5. The van der Waals surface area contributed by atoms with Crippen LogP contribution in [0, 0.1) is 6.92 Å². The summed E-state index contributed by atoms with van der Waals surface area (Å²) in [7, 11) is 0. The number of aromatic nitrogens is 2. The van der Waals surface area contributed by atoms with Crippen molar-refractivity contribution in [1.82, 2.24) is 9.97 Å². The van der Waals surface area contributed by atoms with Crippen molar-refractivity contribution >= 4 is 5.84 Å². The largest absolute Gasteiger partial charge is 0.437 e. The highest BCUT2D eigenvalue weighted by Gasteiger charge is 2.08. The third kappa shape index (κ3) is 3.03. The first-order chi connectivity index (χ1) is 9.63. The molecule has 0 amide bonds. The first kappa shape index (κ1) is 13.8. The number of nitrogens with two attached hydrogens (primary N) is 1. The Bertz CT molecular complexity index is 641. The zero-order valence-corrected chi connectivity index (χ0v) is 11.4. The van der Waals surface area contributed by atoms with Gasteiger partial charge in [-0.3, -0.25) is 4.98 Å². The Morgan fingerprint density at radius 3 is 2.80 bits per heavy atom. The fraction of sp³-hybridized carbons (Fsp3) is 0.214. The van der Waals surface area contributed by atoms with Crippen molar-refractivity contribution in [3.8, 4) is 11.6 Å². The lowest BCUT2D eigenvalue weighted by molar-refractivity contribution is 0.318. The molecule has 104 valence electrons. The fourth-order valence-electron chi connectivity index (χ4n) is 1.72. The van der Waals surface area contributed by atoms with Gasteiger partial charge in [0.15, 0.2) is 11.6 Å². The van der Waals surface area contributed by atoms with E-state index in [1.54, 1.807) is 18.2 Å². The predicted molar refractivity (Wildman–Crippen MR) is 75.2 cm³/mol. The molecular formula is C14H16N4O2. The average molecular weight is 272 g/mol. The van der Waals surface area contributed by atoms with E-state index in [9.17, 15) is 0 Å². The van der Waals surface area contributed by atoms with Crippen molar-refractivity contribution in [2.24, 2.45) is 10.9 Å². The van der Waals surface area contributed by atoms with E-state index in [0.29, 0.717) is 17.3 Å². The molecule has 0 saturated heterocycles. The molecule has 2 aromatic heterocycles.